The van der Waals surface area contributed by atoms with Crippen molar-refractivity contribution in [3.8, 4) is 0 Å². The number of carboxylic acids is 1. The first-order valence-corrected chi connectivity index (χ1v) is 10.4. The summed E-state index contributed by atoms with van der Waals surface area (Å²) in [5.41, 5.74) is 0. The summed E-state index contributed by atoms with van der Waals surface area (Å²) in [6, 6.07) is -0.185. The Hall–Kier alpha value is -0.220. The maximum Gasteiger partial charge on any atom is 0.321 e. The van der Waals surface area contributed by atoms with Crippen molar-refractivity contribution in [2.24, 2.45) is 0 Å². The maximum atomic E-state index is 11.2. The fourth-order valence-corrected chi connectivity index (χ4v) is 3.22. The SMILES string of the molecule is CCCCCCCCCC(CCCCCC)N[C@@H](CS)C(=O)O. The summed E-state index contributed by atoms with van der Waals surface area (Å²) < 4.78 is 0. The largest absolute Gasteiger partial charge is 0.480 e. The number of nitrogens with one attached hydrogen (secondary N) is 1. The van der Waals surface area contributed by atoms with Crippen molar-refractivity contribution < 1.29 is 9.90 Å². The average Bonchev–Trinajstić information content (AvgIpc) is 2.54. The molecule has 0 saturated carbocycles. The first kappa shape index (κ1) is 22.8. The molecular formula is C19H39NO2S. The van der Waals surface area contributed by atoms with Crippen molar-refractivity contribution in [1.82, 2.24) is 5.32 Å². The van der Waals surface area contributed by atoms with Gasteiger partial charge in [-0.25, -0.2) is 0 Å². The minimum absolute atomic E-state index is 0.329. The van der Waals surface area contributed by atoms with Crippen LogP contribution in [0.25, 0.3) is 0 Å². The molecule has 3 nitrogen and oxygen atoms in total. The summed E-state index contributed by atoms with van der Waals surface area (Å²) in [5.74, 6) is -0.421. The second kappa shape index (κ2) is 16.6. The first-order valence-electron chi connectivity index (χ1n) is 9.75. The molecule has 0 bridgehead atoms. The van der Waals surface area contributed by atoms with Crippen molar-refractivity contribution in [1.29, 1.82) is 0 Å². The van der Waals surface area contributed by atoms with Crippen molar-refractivity contribution >= 4 is 18.6 Å². The Kier molecular flexibility index (Phi) is 16.5. The Morgan fingerprint density at radius 2 is 1.30 bits per heavy atom. The highest BCUT2D eigenvalue weighted by Crippen LogP contribution is 2.14. The van der Waals surface area contributed by atoms with Crippen LogP contribution >= 0.6 is 12.6 Å². The normalized spacial score (nSPS) is 13.9. The first-order chi connectivity index (χ1) is 11.2. The fraction of sp³-hybridized carbons (Fsp3) is 0.947. The molecule has 0 amide bonds. The Labute approximate surface area is 149 Å². The van der Waals surface area contributed by atoms with Gasteiger partial charge in [0.15, 0.2) is 0 Å². The van der Waals surface area contributed by atoms with E-state index in [2.05, 4.69) is 31.8 Å². The number of thiol groups is 1. The quantitative estimate of drug-likeness (QED) is 0.243. The number of rotatable bonds is 17. The molecule has 2 N–H and O–H groups in total. The molecule has 2 atom stereocenters. The van der Waals surface area contributed by atoms with Gasteiger partial charge in [0.25, 0.3) is 0 Å². The topological polar surface area (TPSA) is 49.3 Å². The van der Waals surface area contributed by atoms with Crippen LogP contribution in [0.4, 0.5) is 0 Å². The van der Waals surface area contributed by atoms with E-state index in [0.717, 1.165) is 12.8 Å². The zero-order chi connectivity index (χ0) is 17.3. The van der Waals surface area contributed by atoms with Crippen LogP contribution in [0.15, 0.2) is 0 Å². The van der Waals surface area contributed by atoms with Crippen molar-refractivity contribution in [2.45, 2.75) is 109 Å². The van der Waals surface area contributed by atoms with E-state index in [1.807, 2.05) is 0 Å². The van der Waals surface area contributed by atoms with Gasteiger partial charge in [0.05, 0.1) is 0 Å². The highest BCUT2D eigenvalue weighted by Gasteiger charge is 2.19. The summed E-state index contributed by atoms with van der Waals surface area (Å²) in [6.07, 6.45) is 16.3. The van der Waals surface area contributed by atoms with E-state index >= 15 is 0 Å². The standard InChI is InChI=1S/C19H39NO2S/c1-3-5-7-9-10-11-13-15-17(14-12-8-6-4-2)20-18(16-23)19(21)22/h17-18,20,23H,3-16H2,1-2H3,(H,21,22)/t17?,18-/m0/s1. The van der Waals surface area contributed by atoms with Gasteiger partial charge in [-0.2, -0.15) is 12.6 Å². The van der Waals surface area contributed by atoms with Gasteiger partial charge < -0.3 is 10.4 Å². The lowest BCUT2D eigenvalue weighted by Crippen LogP contribution is -2.44. The highest BCUT2D eigenvalue weighted by atomic mass is 32.1. The lowest BCUT2D eigenvalue weighted by Gasteiger charge is -2.22. The molecule has 0 aliphatic rings. The molecule has 0 heterocycles. The van der Waals surface area contributed by atoms with Gasteiger partial charge in [-0.05, 0) is 12.8 Å². The summed E-state index contributed by atoms with van der Waals surface area (Å²) in [4.78, 5) is 11.2. The van der Waals surface area contributed by atoms with Gasteiger partial charge >= 0.3 is 5.97 Å². The molecule has 138 valence electrons. The minimum Gasteiger partial charge on any atom is -0.480 e. The van der Waals surface area contributed by atoms with Crippen molar-refractivity contribution in [3.63, 3.8) is 0 Å². The summed E-state index contributed by atoms with van der Waals surface area (Å²) >= 11 is 4.17. The van der Waals surface area contributed by atoms with E-state index in [1.54, 1.807) is 0 Å². The molecule has 0 aliphatic heterocycles. The summed E-state index contributed by atoms with van der Waals surface area (Å²) in [7, 11) is 0. The van der Waals surface area contributed by atoms with E-state index in [0.29, 0.717) is 11.8 Å². The predicted molar refractivity (Wildman–Crippen MR) is 104 cm³/mol. The molecule has 0 fully saturated rings. The second-order valence-corrected chi connectivity index (χ2v) is 7.06. The molecule has 0 saturated heterocycles. The van der Waals surface area contributed by atoms with Crippen LogP contribution in [0.3, 0.4) is 0 Å². The Morgan fingerprint density at radius 3 is 1.74 bits per heavy atom. The van der Waals surface area contributed by atoms with E-state index in [9.17, 15) is 9.90 Å². The van der Waals surface area contributed by atoms with Gasteiger partial charge in [0, 0.05) is 11.8 Å². The molecule has 0 spiro atoms. The van der Waals surface area contributed by atoms with Crippen LogP contribution < -0.4 is 5.32 Å². The monoisotopic (exact) mass is 345 g/mol. The number of hydrogen-bond acceptors (Lipinski definition) is 3. The lowest BCUT2D eigenvalue weighted by atomic mass is 9.99. The van der Waals surface area contributed by atoms with Gasteiger partial charge in [-0.1, -0.05) is 84.5 Å². The number of carbonyl (C=O) groups is 1. The van der Waals surface area contributed by atoms with Crippen LogP contribution in [-0.2, 0) is 4.79 Å². The lowest BCUT2D eigenvalue weighted by molar-refractivity contribution is -0.139. The van der Waals surface area contributed by atoms with Crippen LogP contribution in [0.5, 0.6) is 0 Å². The zero-order valence-corrected chi connectivity index (χ0v) is 16.3. The molecule has 0 aromatic carbocycles. The predicted octanol–water partition coefficient (Wildman–Crippen LogP) is 5.44. The number of unbranched alkanes of at least 4 members (excludes halogenated alkanes) is 9. The molecular weight excluding hydrogens is 306 g/mol. The molecule has 0 aromatic heterocycles. The number of aliphatic carboxylic acids is 1. The molecule has 1 unspecified atom stereocenters. The number of hydrogen-bond donors (Lipinski definition) is 3. The molecule has 0 aliphatic carbocycles. The molecule has 0 aromatic rings. The molecule has 0 radical (unpaired) electrons. The number of carboxylic acid groups (broad SMARTS) is 1. The van der Waals surface area contributed by atoms with Gasteiger partial charge in [0.2, 0.25) is 0 Å². The van der Waals surface area contributed by atoms with Crippen LogP contribution in [-0.4, -0.2) is 28.9 Å². The van der Waals surface area contributed by atoms with Crippen LogP contribution in [0.1, 0.15) is 97.3 Å². The molecule has 23 heavy (non-hydrogen) atoms. The Bertz CT molecular complexity index is 274. The smallest absolute Gasteiger partial charge is 0.321 e. The molecule has 4 heteroatoms. The van der Waals surface area contributed by atoms with Crippen molar-refractivity contribution in [2.75, 3.05) is 5.75 Å². The van der Waals surface area contributed by atoms with E-state index < -0.39 is 12.0 Å². The van der Waals surface area contributed by atoms with Gasteiger partial charge in [-0.15, -0.1) is 0 Å². The summed E-state index contributed by atoms with van der Waals surface area (Å²) in [5, 5.41) is 12.5. The van der Waals surface area contributed by atoms with E-state index in [4.69, 9.17) is 0 Å². The summed E-state index contributed by atoms with van der Waals surface area (Å²) in [6.45, 7) is 4.46. The minimum atomic E-state index is -0.780. The third-order valence-corrected chi connectivity index (χ3v) is 4.84. The van der Waals surface area contributed by atoms with Crippen molar-refractivity contribution in [3.05, 3.63) is 0 Å². The Morgan fingerprint density at radius 1 is 0.870 bits per heavy atom. The van der Waals surface area contributed by atoms with E-state index in [1.165, 1.54) is 70.6 Å². The zero-order valence-electron chi connectivity index (χ0n) is 15.4. The third kappa shape index (κ3) is 13.9. The fourth-order valence-electron chi connectivity index (χ4n) is 2.96. The Balaban J connectivity index is 4.02. The molecule has 0 rings (SSSR count). The van der Waals surface area contributed by atoms with Crippen LogP contribution in [0, 0.1) is 0 Å². The third-order valence-electron chi connectivity index (χ3n) is 4.48. The highest BCUT2D eigenvalue weighted by molar-refractivity contribution is 7.80. The van der Waals surface area contributed by atoms with Gasteiger partial charge in [-0.3, -0.25) is 4.79 Å². The van der Waals surface area contributed by atoms with E-state index in [-0.39, 0.29) is 0 Å². The average molecular weight is 346 g/mol. The second-order valence-electron chi connectivity index (χ2n) is 6.70. The van der Waals surface area contributed by atoms with Gasteiger partial charge in [0.1, 0.15) is 6.04 Å². The van der Waals surface area contributed by atoms with Crippen LogP contribution in [0.2, 0.25) is 0 Å². The maximum absolute atomic E-state index is 11.2.